The predicted molar refractivity (Wildman–Crippen MR) is 64.7 cm³/mol. The number of rotatable bonds is 4. The fraction of sp³-hybridized carbons (Fsp3) is 0.200. The number of carbonyl (C=O) groups is 1. The van der Waals surface area contributed by atoms with Crippen molar-refractivity contribution in [3.05, 3.63) is 28.8 Å². The van der Waals surface area contributed by atoms with Crippen LogP contribution in [0.5, 0.6) is 0 Å². The van der Waals surface area contributed by atoms with E-state index in [4.69, 9.17) is 16.7 Å². The maximum absolute atomic E-state index is 10.6. The van der Waals surface area contributed by atoms with Gasteiger partial charge in [-0.2, -0.15) is 5.10 Å². The van der Waals surface area contributed by atoms with Crippen LogP contribution >= 0.6 is 11.6 Å². The summed E-state index contributed by atoms with van der Waals surface area (Å²) in [7, 11) is 0. The highest BCUT2D eigenvalue weighted by atomic mass is 35.5. The Kier molecular flexibility index (Phi) is 3.46. The van der Waals surface area contributed by atoms with Crippen molar-refractivity contribution in [2.75, 3.05) is 5.01 Å². The molecule has 0 radical (unpaired) electrons. The molecule has 1 heterocycles. The van der Waals surface area contributed by atoms with E-state index in [-0.39, 0.29) is 6.42 Å². The number of hydrogen-bond acceptors (Lipinski definition) is 5. The number of hydrogen-bond donors (Lipinski definition) is 3. The quantitative estimate of drug-likeness (QED) is 0.751. The monoisotopic (exact) mass is 254 g/mol. The Bertz CT molecular complexity index is 464. The summed E-state index contributed by atoms with van der Waals surface area (Å²) >= 11 is 5.90. The van der Waals surface area contributed by atoms with Gasteiger partial charge in [0.05, 0.1) is 5.69 Å². The molecule has 6 nitrogen and oxygen atoms in total. The molecular formula is C10H11ClN4O2. The Hall–Kier alpha value is -1.79. The van der Waals surface area contributed by atoms with Crippen molar-refractivity contribution in [1.29, 1.82) is 0 Å². The molecule has 17 heavy (non-hydrogen) atoms. The van der Waals surface area contributed by atoms with E-state index >= 15 is 0 Å². The molecule has 7 heteroatoms. The molecule has 1 aliphatic heterocycles. The smallest absolute Gasteiger partial charge is 0.303 e. The Balaban J connectivity index is 2.23. The summed E-state index contributed by atoms with van der Waals surface area (Å²) in [6, 6.07) is 5.31. The second kappa shape index (κ2) is 5.03. The SMILES string of the molecule is O=C(O)CCc1cc(Cl)ccc1N1C=NNN1. The molecule has 1 aromatic carbocycles. The fourth-order valence-electron chi connectivity index (χ4n) is 1.55. The number of anilines is 1. The van der Waals surface area contributed by atoms with Crippen molar-refractivity contribution in [3.63, 3.8) is 0 Å². The summed E-state index contributed by atoms with van der Waals surface area (Å²) in [5.41, 5.74) is 7.04. The molecule has 0 spiro atoms. The van der Waals surface area contributed by atoms with E-state index in [2.05, 4.69) is 16.2 Å². The van der Waals surface area contributed by atoms with E-state index in [0.717, 1.165) is 11.3 Å². The van der Waals surface area contributed by atoms with Gasteiger partial charge < -0.3 is 5.11 Å². The van der Waals surface area contributed by atoms with Crippen LogP contribution in [0.15, 0.2) is 23.3 Å². The van der Waals surface area contributed by atoms with Crippen molar-refractivity contribution in [3.8, 4) is 0 Å². The topological polar surface area (TPSA) is 77.0 Å². The molecule has 2 rings (SSSR count). The first-order chi connectivity index (χ1) is 8.16. The van der Waals surface area contributed by atoms with E-state index in [1.54, 1.807) is 23.5 Å². The zero-order valence-corrected chi connectivity index (χ0v) is 9.61. The number of halogens is 1. The summed E-state index contributed by atoms with van der Waals surface area (Å²) in [6.45, 7) is 0. The minimum absolute atomic E-state index is 0.0613. The van der Waals surface area contributed by atoms with E-state index in [1.807, 2.05) is 6.07 Å². The second-order valence-corrected chi connectivity index (χ2v) is 3.94. The van der Waals surface area contributed by atoms with Crippen molar-refractivity contribution >= 4 is 29.6 Å². The number of benzene rings is 1. The molecule has 0 aromatic heterocycles. The lowest BCUT2D eigenvalue weighted by atomic mass is 10.1. The van der Waals surface area contributed by atoms with Gasteiger partial charge >= 0.3 is 5.97 Å². The van der Waals surface area contributed by atoms with Crippen molar-refractivity contribution < 1.29 is 9.90 Å². The maximum Gasteiger partial charge on any atom is 0.303 e. The van der Waals surface area contributed by atoms with Crippen molar-refractivity contribution in [2.24, 2.45) is 5.10 Å². The maximum atomic E-state index is 10.6. The number of nitrogens with one attached hydrogen (secondary N) is 2. The van der Waals surface area contributed by atoms with Crippen LogP contribution in [0.2, 0.25) is 5.02 Å². The van der Waals surface area contributed by atoms with Gasteiger partial charge in [-0.3, -0.25) is 4.79 Å². The van der Waals surface area contributed by atoms with Crippen molar-refractivity contribution in [1.82, 2.24) is 11.1 Å². The first-order valence-electron chi connectivity index (χ1n) is 5.00. The highest BCUT2D eigenvalue weighted by Crippen LogP contribution is 2.24. The standard InChI is InChI=1S/C10H11ClN4O2/c11-8-2-3-9(15-6-12-13-14-15)7(5-8)1-4-10(16)17/h2-3,5-6,13-14H,1,4H2,(H,16,17). The van der Waals surface area contributed by atoms with Gasteiger partial charge in [0.1, 0.15) is 6.34 Å². The first-order valence-corrected chi connectivity index (χ1v) is 5.38. The molecule has 1 aromatic rings. The number of hydrazine groups is 2. The molecule has 0 saturated heterocycles. The lowest BCUT2D eigenvalue weighted by Gasteiger charge is -2.17. The molecule has 0 aliphatic carbocycles. The Labute approximate surface area is 103 Å². The third kappa shape index (κ3) is 2.86. The van der Waals surface area contributed by atoms with Gasteiger partial charge in [-0.1, -0.05) is 11.6 Å². The number of aryl methyl sites for hydroxylation is 1. The van der Waals surface area contributed by atoms with Gasteiger partial charge in [0.25, 0.3) is 0 Å². The van der Waals surface area contributed by atoms with Gasteiger partial charge in [0.15, 0.2) is 0 Å². The largest absolute Gasteiger partial charge is 0.481 e. The predicted octanol–water partition coefficient (Wildman–Crippen LogP) is 1.13. The van der Waals surface area contributed by atoms with Gasteiger partial charge in [-0.25, -0.2) is 10.5 Å². The van der Waals surface area contributed by atoms with Crippen LogP contribution in [0.1, 0.15) is 12.0 Å². The Morgan fingerprint density at radius 1 is 1.53 bits per heavy atom. The Morgan fingerprint density at radius 2 is 2.35 bits per heavy atom. The van der Waals surface area contributed by atoms with Crippen LogP contribution in [0.3, 0.4) is 0 Å². The van der Waals surface area contributed by atoms with E-state index in [1.165, 1.54) is 0 Å². The number of aliphatic carboxylic acids is 1. The molecule has 0 atom stereocenters. The van der Waals surface area contributed by atoms with E-state index in [9.17, 15) is 4.79 Å². The number of hydrazone groups is 1. The van der Waals surface area contributed by atoms with Crippen LogP contribution in [0.25, 0.3) is 0 Å². The average molecular weight is 255 g/mol. The minimum atomic E-state index is -0.836. The Morgan fingerprint density at radius 3 is 3.00 bits per heavy atom. The number of carboxylic acid groups (broad SMARTS) is 1. The number of nitrogens with zero attached hydrogens (tertiary/aromatic N) is 2. The highest BCUT2D eigenvalue weighted by molar-refractivity contribution is 6.30. The molecule has 0 unspecified atom stereocenters. The molecular weight excluding hydrogens is 244 g/mol. The van der Waals surface area contributed by atoms with Gasteiger partial charge in [-0.15, -0.1) is 5.53 Å². The molecule has 1 aliphatic rings. The van der Waals surface area contributed by atoms with Crippen LogP contribution in [-0.4, -0.2) is 17.4 Å². The first kappa shape index (κ1) is 11.7. The molecule has 0 fully saturated rings. The van der Waals surface area contributed by atoms with Gasteiger partial charge in [0, 0.05) is 11.4 Å². The summed E-state index contributed by atoms with van der Waals surface area (Å²) in [6.07, 6.45) is 2.04. The zero-order valence-electron chi connectivity index (χ0n) is 8.85. The molecule has 0 saturated carbocycles. The lowest BCUT2D eigenvalue weighted by Crippen LogP contribution is -2.37. The van der Waals surface area contributed by atoms with Crippen molar-refractivity contribution in [2.45, 2.75) is 12.8 Å². The van der Waals surface area contributed by atoms with Gasteiger partial charge in [0.2, 0.25) is 0 Å². The zero-order chi connectivity index (χ0) is 12.3. The molecule has 3 N–H and O–H groups in total. The fourth-order valence-corrected chi connectivity index (χ4v) is 1.75. The van der Waals surface area contributed by atoms with Crippen LogP contribution < -0.4 is 16.1 Å². The normalized spacial score (nSPS) is 13.8. The third-order valence-corrected chi connectivity index (χ3v) is 2.55. The summed E-state index contributed by atoms with van der Waals surface area (Å²) < 4.78 is 0. The molecule has 0 amide bonds. The lowest BCUT2D eigenvalue weighted by molar-refractivity contribution is -0.136. The van der Waals surface area contributed by atoms with Crippen LogP contribution in [-0.2, 0) is 11.2 Å². The highest BCUT2D eigenvalue weighted by Gasteiger charge is 2.13. The summed E-state index contributed by atoms with van der Waals surface area (Å²) in [5, 5.41) is 14.7. The molecule has 90 valence electrons. The average Bonchev–Trinajstić information content (AvgIpc) is 2.80. The van der Waals surface area contributed by atoms with E-state index in [0.29, 0.717) is 11.4 Å². The van der Waals surface area contributed by atoms with Crippen LogP contribution in [0.4, 0.5) is 5.69 Å². The molecule has 0 bridgehead atoms. The minimum Gasteiger partial charge on any atom is -0.481 e. The second-order valence-electron chi connectivity index (χ2n) is 3.50. The summed E-state index contributed by atoms with van der Waals surface area (Å²) in [4.78, 5) is 10.6. The number of carboxylic acids is 1. The van der Waals surface area contributed by atoms with Gasteiger partial charge in [-0.05, 0) is 30.2 Å². The summed E-state index contributed by atoms with van der Waals surface area (Å²) in [5.74, 6) is -0.836. The van der Waals surface area contributed by atoms with E-state index < -0.39 is 5.97 Å². The third-order valence-electron chi connectivity index (χ3n) is 2.32. The van der Waals surface area contributed by atoms with Crippen LogP contribution in [0, 0.1) is 0 Å².